The van der Waals surface area contributed by atoms with Crippen LogP contribution in [-0.4, -0.2) is 36.7 Å². The summed E-state index contributed by atoms with van der Waals surface area (Å²) in [5, 5.41) is 15.3. The van der Waals surface area contributed by atoms with Crippen molar-refractivity contribution < 1.29 is 24.0 Å². The maximum Gasteiger partial charge on any atom is 0.469 e. The van der Waals surface area contributed by atoms with Gasteiger partial charge in [-0.15, -0.1) is 0 Å². The molecule has 0 aliphatic carbocycles. The number of aliphatic hydroxyl groups is 1. The van der Waals surface area contributed by atoms with Crippen LogP contribution >= 0.6 is 7.82 Å². The van der Waals surface area contributed by atoms with Gasteiger partial charge in [-0.3, -0.25) is 9.62 Å². The first-order chi connectivity index (χ1) is 6.49. The number of rotatable bonds is 5. The third kappa shape index (κ3) is 3.95. The number of phosphoric acid groups is 1. The maximum absolute atomic E-state index is 10.3. The minimum Gasteiger partial charge on any atom is -0.385 e. The monoisotopic (exact) mass is 223 g/mol. The number of aliphatic hydroxyl groups excluding tert-OH is 1. The van der Waals surface area contributed by atoms with Gasteiger partial charge in [0.05, 0.1) is 6.61 Å². The molecule has 0 aliphatic rings. The van der Waals surface area contributed by atoms with Crippen molar-refractivity contribution in [3.63, 3.8) is 0 Å². The predicted molar refractivity (Wildman–Crippen MR) is 44.0 cm³/mol. The number of hydrogen-bond acceptors (Lipinski definition) is 5. The van der Waals surface area contributed by atoms with E-state index in [9.17, 15) is 9.67 Å². The molecule has 1 aromatic heterocycles. The van der Waals surface area contributed by atoms with Crippen molar-refractivity contribution in [3.05, 3.63) is 12.2 Å². The average Bonchev–Trinajstić information content (AvgIpc) is 2.53. The molecule has 0 amide bonds. The Balaban J connectivity index is 2.29. The highest BCUT2D eigenvalue weighted by molar-refractivity contribution is 7.46. The molecule has 0 saturated carbocycles. The first-order valence-electron chi connectivity index (χ1n) is 3.72. The van der Waals surface area contributed by atoms with Gasteiger partial charge in [-0.25, -0.2) is 9.55 Å². The highest BCUT2D eigenvalue weighted by Gasteiger charge is 2.16. The van der Waals surface area contributed by atoms with Gasteiger partial charge in [0.15, 0.2) is 5.82 Å². The van der Waals surface area contributed by atoms with Crippen molar-refractivity contribution in [1.82, 2.24) is 15.2 Å². The molecule has 9 heteroatoms. The van der Waals surface area contributed by atoms with Gasteiger partial charge < -0.3 is 14.9 Å². The first-order valence-corrected chi connectivity index (χ1v) is 5.25. The molecular formula is C5H10N3O5P. The summed E-state index contributed by atoms with van der Waals surface area (Å²) in [5.41, 5.74) is 0. The van der Waals surface area contributed by atoms with Crippen molar-refractivity contribution >= 4 is 7.82 Å². The van der Waals surface area contributed by atoms with Gasteiger partial charge in [-0.2, -0.15) is 5.10 Å². The summed E-state index contributed by atoms with van der Waals surface area (Å²) < 4.78 is 14.4. The highest BCUT2D eigenvalue weighted by atomic mass is 31.2. The number of nitrogens with zero attached hydrogens (tertiary/aromatic N) is 2. The van der Waals surface area contributed by atoms with Gasteiger partial charge in [0, 0.05) is 6.42 Å². The fourth-order valence-electron chi connectivity index (χ4n) is 0.795. The minimum atomic E-state index is -4.46. The lowest BCUT2D eigenvalue weighted by atomic mass is 10.2. The molecule has 14 heavy (non-hydrogen) atoms. The maximum atomic E-state index is 10.3. The Hall–Kier alpha value is -0.790. The van der Waals surface area contributed by atoms with E-state index >= 15 is 0 Å². The first kappa shape index (κ1) is 11.3. The van der Waals surface area contributed by atoms with Gasteiger partial charge in [0.2, 0.25) is 0 Å². The zero-order chi connectivity index (χ0) is 10.6. The summed E-state index contributed by atoms with van der Waals surface area (Å²) in [6, 6.07) is 0. The SMILES string of the molecule is O=P(O)(O)OCCC(O)c1ncn[nH]1. The van der Waals surface area contributed by atoms with Crippen LogP contribution in [0.4, 0.5) is 0 Å². The normalized spacial score (nSPS) is 14.2. The van der Waals surface area contributed by atoms with E-state index in [1.54, 1.807) is 0 Å². The zero-order valence-corrected chi connectivity index (χ0v) is 7.96. The lowest BCUT2D eigenvalue weighted by molar-refractivity contribution is 0.118. The van der Waals surface area contributed by atoms with Gasteiger partial charge >= 0.3 is 7.82 Å². The second-order valence-corrected chi connectivity index (χ2v) is 3.74. The van der Waals surface area contributed by atoms with Crippen LogP contribution in [0.5, 0.6) is 0 Å². The molecule has 1 rings (SSSR count). The van der Waals surface area contributed by atoms with Gasteiger partial charge in [-0.1, -0.05) is 0 Å². The van der Waals surface area contributed by atoms with Crippen LogP contribution < -0.4 is 0 Å². The summed E-state index contributed by atoms with van der Waals surface area (Å²) in [7, 11) is -4.46. The molecule has 1 unspecified atom stereocenters. The van der Waals surface area contributed by atoms with Crippen LogP contribution in [0.25, 0.3) is 0 Å². The van der Waals surface area contributed by atoms with Crippen LogP contribution in [0.3, 0.4) is 0 Å². The van der Waals surface area contributed by atoms with Crippen molar-refractivity contribution in [2.75, 3.05) is 6.61 Å². The summed E-state index contributed by atoms with van der Waals surface area (Å²) in [5.74, 6) is 0.235. The van der Waals surface area contributed by atoms with Crippen molar-refractivity contribution in [3.8, 4) is 0 Å². The van der Waals surface area contributed by atoms with E-state index in [0.29, 0.717) is 0 Å². The third-order valence-electron chi connectivity index (χ3n) is 1.40. The second-order valence-electron chi connectivity index (χ2n) is 2.50. The summed E-state index contributed by atoms with van der Waals surface area (Å²) >= 11 is 0. The van der Waals surface area contributed by atoms with Gasteiger partial charge in [-0.05, 0) is 0 Å². The summed E-state index contributed by atoms with van der Waals surface area (Å²) in [6.07, 6.45) is 0.284. The Bertz CT molecular complexity index is 309. The molecule has 8 nitrogen and oxygen atoms in total. The number of hydrogen-bond donors (Lipinski definition) is 4. The Kier molecular flexibility index (Phi) is 3.73. The molecule has 0 aromatic carbocycles. The lowest BCUT2D eigenvalue weighted by Crippen LogP contribution is -2.04. The predicted octanol–water partition coefficient (Wildman–Crippen LogP) is -0.663. The molecule has 4 N–H and O–H groups in total. The van der Waals surface area contributed by atoms with E-state index in [1.165, 1.54) is 6.33 Å². The fraction of sp³-hybridized carbons (Fsp3) is 0.600. The third-order valence-corrected chi connectivity index (χ3v) is 1.92. The number of nitrogens with one attached hydrogen (secondary N) is 1. The van der Waals surface area contributed by atoms with Crippen molar-refractivity contribution in [1.29, 1.82) is 0 Å². The Morgan fingerprint density at radius 3 is 2.86 bits per heavy atom. The molecule has 0 spiro atoms. The summed E-state index contributed by atoms with van der Waals surface area (Å²) in [6.45, 7) is -0.258. The van der Waals surface area contributed by atoms with Crippen LogP contribution in [0.2, 0.25) is 0 Å². The number of aromatic amines is 1. The van der Waals surface area contributed by atoms with E-state index in [-0.39, 0.29) is 18.9 Å². The van der Waals surface area contributed by atoms with Gasteiger partial charge in [0.25, 0.3) is 0 Å². The van der Waals surface area contributed by atoms with Crippen LogP contribution in [0, 0.1) is 0 Å². The summed E-state index contributed by atoms with van der Waals surface area (Å²) in [4.78, 5) is 20.3. The Morgan fingerprint density at radius 1 is 1.64 bits per heavy atom. The molecule has 1 aromatic rings. The van der Waals surface area contributed by atoms with E-state index in [1.807, 2.05) is 0 Å². The minimum absolute atomic E-state index is 0.0281. The van der Waals surface area contributed by atoms with E-state index in [4.69, 9.17) is 9.79 Å². The molecule has 0 fully saturated rings. The molecular weight excluding hydrogens is 213 g/mol. The van der Waals surface area contributed by atoms with E-state index < -0.39 is 13.9 Å². The fourth-order valence-corrected chi connectivity index (χ4v) is 1.14. The van der Waals surface area contributed by atoms with E-state index in [0.717, 1.165) is 0 Å². The van der Waals surface area contributed by atoms with Crippen molar-refractivity contribution in [2.45, 2.75) is 12.5 Å². The number of H-pyrrole nitrogens is 1. The Morgan fingerprint density at radius 2 is 2.36 bits per heavy atom. The Labute approximate surface area is 79.2 Å². The molecule has 0 radical (unpaired) electrons. The molecule has 0 bridgehead atoms. The molecule has 0 aliphatic heterocycles. The average molecular weight is 223 g/mol. The largest absolute Gasteiger partial charge is 0.469 e. The van der Waals surface area contributed by atoms with Crippen LogP contribution in [-0.2, 0) is 9.09 Å². The van der Waals surface area contributed by atoms with Crippen molar-refractivity contribution in [2.24, 2.45) is 0 Å². The van der Waals surface area contributed by atoms with Crippen LogP contribution in [0.1, 0.15) is 18.3 Å². The van der Waals surface area contributed by atoms with Gasteiger partial charge in [0.1, 0.15) is 12.4 Å². The molecule has 0 saturated heterocycles. The standard InChI is InChI=1S/C5H10N3O5P/c9-4(5-6-3-7-8-5)1-2-13-14(10,11)12/h3-4,9H,1-2H2,(H,6,7,8)(H2,10,11,12). The number of phosphoric ester groups is 1. The van der Waals surface area contributed by atoms with E-state index in [2.05, 4.69) is 19.7 Å². The smallest absolute Gasteiger partial charge is 0.385 e. The highest BCUT2D eigenvalue weighted by Crippen LogP contribution is 2.36. The quantitative estimate of drug-likeness (QED) is 0.487. The lowest BCUT2D eigenvalue weighted by Gasteiger charge is -2.08. The topological polar surface area (TPSA) is 129 Å². The number of aromatic nitrogens is 3. The molecule has 80 valence electrons. The molecule has 1 atom stereocenters. The van der Waals surface area contributed by atoms with Crippen LogP contribution in [0.15, 0.2) is 6.33 Å². The zero-order valence-electron chi connectivity index (χ0n) is 7.07. The second kappa shape index (κ2) is 4.63. The molecule has 1 heterocycles.